The van der Waals surface area contributed by atoms with Gasteiger partial charge in [0.1, 0.15) is 0 Å². The number of carbonyl (C=O) groups excluding carboxylic acids is 2. The van der Waals surface area contributed by atoms with E-state index in [1.165, 1.54) is 22.4 Å². The molecule has 8 nitrogen and oxygen atoms in total. The highest BCUT2D eigenvalue weighted by Gasteiger charge is 2.31. The first-order valence-corrected chi connectivity index (χ1v) is 9.11. The van der Waals surface area contributed by atoms with E-state index in [1.54, 1.807) is 12.1 Å². The topological polar surface area (TPSA) is 96.0 Å². The van der Waals surface area contributed by atoms with Crippen molar-refractivity contribution < 1.29 is 22.7 Å². The Labute approximate surface area is 140 Å². The molecule has 2 amide bonds. The smallest absolute Gasteiger partial charge is 0.409 e. The Morgan fingerprint density at radius 3 is 2.54 bits per heavy atom. The van der Waals surface area contributed by atoms with E-state index in [0.29, 0.717) is 31.6 Å². The summed E-state index contributed by atoms with van der Waals surface area (Å²) < 4.78 is 31.6. The quantitative estimate of drug-likeness (QED) is 0.842. The number of hydrogen-bond acceptors (Lipinski definition) is 5. The number of piperazine rings is 1. The number of carbonyl (C=O) groups is 2. The summed E-state index contributed by atoms with van der Waals surface area (Å²) in [5.41, 5.74) is 1.49. The highest BCUT2D eigenvalue weighted by atomic mass is 32.2. The van der Waals surface area contributed by atoms with Crippen molar-refractivity contribution in [2.24, 2.45) is 0 Å². The molecule has 1 aromatic rings. The first-order chi connectivity index (χ1) is 11.4. The minimum atomic E-state index is -3.62. The van der Waals surface area contributed by atoms with E-state index in [-0.39, 0.29) is 23.9 Å². The summed E-state index contributed by atoms with van der Waals surface area (Å²) in [6.07, 6.45) is 0.436. The first kappa shape index (κ1) is 16.7. The number of aryl methyl sites for hydroxylation is 1. The van der Waals surface area contributed by atoms with Crippen LogP contribution in [0.25, 0.3) is 0 Å². The lowest BCUT2D eigenvalue weighted by atomic mass is 10.0. The van der Waals surface area contributed by atoms with Crippen LogP contribution in [0.2, 0.25) is 0 Å². The van der Waals surface area contributed by atoms with Gasteiger partial charge >= 0.3 is 6.09 Å². The molecule has 1 aromatic carbocycles. The molecule has 0 spiro atoms. The lowest BCUT2D eigenvalue weighted by Gasteiger charge is -2.33. The van der Waals surface area contributed by atoms with Crippen LogP contribution in [0.3, 0.4) is 0 Å². The van der Waals surface area contributed by atoms with Crippen molar-refractivity contribution in [3.05, 3.63) is 23.8 Å². The minimum absolute atomic E-state index is 0.0583. The Kier molecular flexibility index (Phi) is 4.46. The van der Waals surface area contributed by atoms with Gasteiger partial charge in [0.25, 0.3) is 0 Å². The molecule has 2 aliphatic heterocycles. The zero-order chi connectivity index (χ0) is 17.3. The van der Waals surface area contributed by atoms with Gasteiger partial charge in [-0.25, -0.2) is 13.2 Å². The molecule has 2 heterocycles. The lowest BCUT2D eigenvalue weighted by molar-refractivity contribution is -0.116. The maximum Gasteiger partial charge on any atom is 0.409 e. The van der Waals surface area contributed by atoms with Crippen molar-refractivity contribution in [1.29, 1.82) is 0 Å². The predicted octanol–water partition coefficient (Wildman–Crippen LogP) is 0.644. The molecule has 0 radical (unpaired) electrons. The standard InChI is InChI=1S/C15H19N3O5S/c1-23-15(20)17-6-8-18(9-7-17)24(21,22)12-3-4-13-11(10-12)2-5-14(19)16-13/h3-4,10H,2,5-9H2,1H3,(H,16,19). The number of rotatable bonds is 2. The van der Waals surface area contributed by atoms with Gasteiger partial charge in [-0.15, -0.1) is 0 Å². The summed E-state index contributed by atoms with van der Waals surface area (Å²) in [4.78, 5) is 24.6. The maximum atomic E-state index is 12.8. The molecule has 0 unspecified atom stereocenters. The monoisotopic (exact) mass is 353 g/mol. The highest BCUT2D eigenvalue weighted by Crippen LogP contribution is 2.27. The van der Waals surface area contributed by atoms with Crippen LogP contribution in [0.1, 0.15) is 12.0 Å². The number of sulfonamides is 1. The molecule has 0 bridgehead atoms. The largest absolute Gasteiger partial charge is 0.453 e. The van der Waals surface area contributed by atoms with Gasteiger partial charge in [-0.2, -0.15) is 4.31 Å². The molecule has 1 saturated heterocycles. The van der Waals surface area contributed by atoms with E-state index in [4.69, 9.17) is 0 Å². The Balaban J connectivity index is 1.77. The second kappa shape index (κ2) is 6.40. The zero-order valence-corrected chi connectivity index (χ0v) is 14.1. The molecular weight excluding hydrogens is 334 g/mol. The molecule has 0 atom stereocenters. The molecule has 2 aliphatic rings. The van der Waals surface area contributed by atoms with Gasteiger partial charge in [0, 0.05) is 38.3 Å². The Morgan fingerprint density at radius 1 is 1.17 bits per heavy atom. The van der Waals surface area contributed by atoms with Crippen LogP contribution in [0.4, 0.5) is 10.5 Å². The van der Waals surface area contributed by atoms with Crippen LogP contribution >= 0.6 is 0 Å². The second-order valence-electron chi connectivity index (χ2n) is 5.73. The Hall–Kier alpha value is -2.13. The third-order valence-corrected chi connectivity index (χ3v) is 6.18. The van der Waals surface area contributed by atoms with Crippen LogP contribution in [-0.4, -0.2) is 62.9 Å². The zero-order valence-electron chi connectivity index (χ0n) is 13.3. The fraction of sp³-hybridized carbons (Fsp3) is 0.467. The van der Waals surface area contributed by atoms with E-state index >= 15 is 0 Å². The fourth-order valence-corrected chi connectivity index (χ4v) is 4.38. The number of fused-ring (bicyclic) bond motifs is 1. The molecule has 24 heavy (non-hydrogen) atoms. The predicted molar refractivity (Wildman–Crippen MR) is 86.1 cm³/mol. The average molecular weight is 353 g/mol. The number of anilines is 1. The van der Waals surface area contributed by atoms with Gasteiger partial charge in [-0.1, -0.05) is 0 Å². The van der Waals surface area contributed by atoms with Gasteiger partial charge in [-0.3, -0.25) is 4.79 Å². The molecule has 3 rings (SSSR count). The van der Waals surface area contributed by atoms with Gasteiger partial charge in [-0.05, 0) is 30.2 Å². The number of methoxy groups -OCH3 is 1. The van der Waals surface area contributed by atoms with Crippen molar-refractivity contribution in [3.63, 3.8) is 0 Å². The van der Waals surface area contributed by atoms with Crippen LogP contribution in [0, 0.1) is 0 Å². The third kappa shape index (κ3) is 3.09. The SMILES string of the molecule is COC(=O)N1CCN(S(=O)(=O)c2ccc3c(c2)CCC(=O)N3)CC1. The van der Waals surface area contributed by atoms with E-state index in [9.17, 15) is 18.0 Å². The second-order valence-corrected chi connectivity index (χ2v) is 7.67. The fourth-order valence-electron chi connectivity index (χ4n) is 2.91. The van der Waals surface area contributed by atoms with Gasteiger partial charge < -0.3 is 15.0 Å². The minimum Gasteiger partial charge on any atom is -0.453 e. The summed E-state index contributed by atoms with van der Waals surface area (Å²) >= 11 is 0. The average Bonchev–Trinajstić information content (AvgIpc) is 2.60. The molecule has 1 fully saturated rings. The summed E-state index contributed by atoms with van der Waals surface area (Å²) in [6, 6.07) is 4.76. The number of hydrogen-bond donors (Lipinski definition) is 1. The van der Waals surface area contributed by atoms with Crippen molar-refractivity contribution in [2.75, 3.05) is 38.6 Å². The summed E-state index contributed by atoms with van der Waals surface area (Å²) in [5, 5.41) is 2.74. The van der Waals surface area contributed by atoms with E-state index in [0.717, 1.165) is 5.56 Å². The molecule has 0 saturated carbocycles. The summed E-state index contributed by atoms with van der Waals surface area (Å²) in [6.45, 7) is 1.05. The molecule has 9 heteroatoms. The van der Waals surface area contributed by atoms with E-state index in [2.05, 4.69) is 10.1 Å². The van der Waals surface area contributed by atoms with Crippen LogP contribution < -0.4 is 5.32 Å². The maximum absolute atomic E-state index is 12.8. The van der Waals surface area contributed by atoms with Crippen LogP contribution in [0.5, 0.6) is 0 Å². The first-order valence-electron chi connectivity index (χ1n) is 7.67. The Morgan fingerprint density at radius 2 is 1.88 bits per heavy atom. The molecule has 0 aromatic heterocycles. The van der Waals surface area contributed by atoms with Gasteiger partial charge in [0.2, 0.25) is 15.9 Å². The van der Waals surface area contributed by atoms with E-state index < -0.39 is 16.1 Å². The normalized spacial score (nSPS) is 18.7. The molecular formula is C15H19N3O5S. The summed E-state index contributed by atoms with van der Waals surface area (Å²) in [5.74, 6) is -0.0583. The molecule has 1 N–H and O–H groups in total. The number of nitrogens with zero attached hydrogens (tertiary/aromatic N) is 2. The highest BCUT2D eigenvalue weighted by molar-refractivity contribution is 7.89. The number of benzene rings is 1. The Bertz CT molecular complexity index is 769. The third-order valence-electron chi connectivity index (χ3n) is 4.28. The van der Waals surface area contributed by atoms with Gasteiger partial charge in [0.15, 0.2) is 0 Å². The van der Waals surface area contributed by atoms with Crippen molar-refractivity contribution >= 4 is 27.7 Å². The van der Waals surface area contributed by atoms with E-state index in [1.807, 2.05) is 0 Å². The summed E-state index contributed by atoms with van der Waals surface area (Å²) in [7, 11) is -2.32. The van der Waals surface area contributed by atoms with Crippen LogP contribution in [-0.2, 0) is 26.0 Å². The number of ether oxygens (including phenoxy) is 1. The van der Waals surface area contributed by atoms with Crippen molar-refractivity contribution in [2.45, 2.75) is 17.7 Å². The molecule has 0 aliphatic carbocycles. The number of nitrogens with one attached hydrogen (secondary N) is 1. The lowest BCUT2D eigenvalue weighted by Crippen LogP contribution is -2.50. The molecule has 130 valence electrons. The van der Waals surface area contributed by atoms with Gasteiger partial charge in [0.05, 0.1) is 12.0 Å². The number of amides is 2. The van der Waals surface area contributed by atoms with Crippen molar-refractivity contribution in [1.82, 2.24) is 9.21 Å². The van der Waals surface area contributed by atoms with Crippen LogP contribution in [0.15, 0.2) is 23.1 Å². The van der Waals surface area contributed by atoms with Crippen molar-refractivity contribution in [3.8, 4) is 0 Å².